The lowest BCUT2D eigenvalue weighted by Gasteiger charge is -2.13. The average molecular weight is 601 g/mol. The van der Waals surface area contributed by atoms with E-state index in [-0.39, 0.29) is 12.1 Å². The number of ether oxygens (including phenoxy) is 3. The number of carbonyl (C=O) groups is 2. The van der Waals surface area contributed by atoms with Crippen molar-refractivity contribution in [2.45, 2.75) is 104 Å². The SMILES string of the molecule is CCCCCCCCOc1ccc(N=Nc2ccc(C(=O)Oc3ccc(C(=O)O[C@@H](C)CCCCCCC)cc3)cc2)cc1. The minimum Gasteiger partial charge on any atom is -0.494 e. The molecule has 1 atom stereocenters. The van der Waals surface area contributed by atoms with Crippen molar-refractivity contribution in [1.29, 1.82) is 0 Å². The van der Waals surface area contributed by atoms with Gasteiger partial charge in [-0.3, -0.25) is 0 Å². The number of hydrogen-bond acceptors (Lipinski definition) is 7. The molecule has 3 aromatic carbocycles. The first kappa shape index (κ1) is 34.5. The summed E-state index contributed by atoms with van der Waals surface area (Å²) < 4.78 is 16.9. The quantitative estimate of drug-likeness (QED) is 0.0557. The summed E-state index contributed by atoms with van der Waals surface area (Å²) in [6, 6.07) is 20.6. The van der Waals surface area contributed by atoms with E-state index in [9.17, 15) is 9.59 Å². The highest BCUT2D eigenvalue weighted by molar-refractivity contribution is 5.92. The molecule has 0 amide bonds. The van der Waals surface area contributed by atoms with Crippen LogP contribution in [0.5, 0.6) is 11.5 Å². The molecule has 0 radical (unpaired) electrons. The highest BCUT2D eigenvalue weighted by Crippen LogP contribution is 2.23. The van der Waals surface area contributed by atoms with E-state index >= 15 is 0 Å². The van der Waals surface area contributed by atoms with Crippen LogP contribution in [-0.4, -0.2) is 24.6 Å². The summed E-state index contributed by atoms with van der Waals surface area (Å²) in [5, 5.41) is 8.54. The normalized spacial score (nSPS) is 11.8. The Morgan fingerprint density at radius 1 is 0.591 bits per heavy atom. The molecule has 0 aliphatic carbocycles. The monoisotopic (exact) mass is 600 g/mol. The van der Waals surface area contributed by atoms with Gasteiger partial charge >= 0.3 is 11.9 Å². The van der Waals surface area contributed by atoms with Crippen molar-refractivity contribution in [3.8, 4) is 11.5 Å². The largest absolute Gasteiger partial charge is 0.494 e. The van der Waals surface area contributed by atoms with E-state index in [0.717, 1.165) is 38.0 Å². The van der Waals surface area contributed by atoms with E-state index in [1.165, 1.54) is 51.4 Å². The molecule has 0 unspecified atom stereocenters. The molecule has 0 saturated heterocycles. The maximum absolute atomic E-state index is 12.6. The lowest BCUT2D eigenvalue weighted by molar-refractivity contribution is 0.0319. The van der Waals surface area contributed by atoms with Crippen molar-refractivity contribution >= 4 is 23.3 Å². The van der Waals surface area contributed by atoms with Crippen LogP contribution >= 0.6 is 0 Å². The van der Waals surface area contributed by atoms with Gasteiger partial charge in [0.25, 0.3) is 0 Å². The van der Waals surface area contributed by atoms with Crippen LogP contribution < -0.4 is 9.47 Å². The second kappa shape index (κ2) is 20.0. The third-order valence-electron chi connectivity index (χ3n) is 7.31. The first-order chi connectivity index (χ1) is 21.5. The van der Waals surface area contributed by atoms with Crippen LogP contribution in [0.1, 0.15) is 119 Å². The third-order valence-corrected chi connectivity index (χ3v) is 7.31. The van der Waals surface area contributed by atoms with Crippen LogP contribution in [0.4, 0.5) is 11.4 Å². The summed E-state index contributed by atoms with van der Waals surface area (Å²) in [4.78, 5) is 25.1. The molecular weight excluding hydrogens is 552 g/mol. The summed E-state index contributed by atoms with van der Waals surface area (Å²) in [6.07, 6.45) is 14.0. The minimum atomic E-state index is -0.503. The van der Waals surface area contributed by atoms with Gasteiger partial charge in [-0.15, -0.1) is 0 Å². The van der Waals surface area contributed by atoms with Crippen LogP contribution in [-0.2, 0) is 4.74 Å². The number of unbranched alkanes of at least 4 members (excludes halogenated alkanes) is 9. The Balaban J connectivity index is 1.40. The summed E-state index contributed by atoms with van der Waals surface area (Å²) >= 11 is 0. The number of nitrogens with zero attached hydrogens (tertiary/aromatic N) is 2. The van der Waals surface area contributed by atoms with Gasteiger partial charge in [-0.25, -0.2) is 9.59 Å². The maximum atomic E-state index is 12.6. The zero-order valence-electron chi connectivity index (χ0n) is 26.6. The summed E-state index contributed by atoms with van der Waals surface area (Å²) in [7, 11) is 0. The first-order valence-electron chi connectivity index (χ1n) is 16.3. The third kappa shape index (κ3) is 13.1. The predicted octanol–water partition coefficient (Wildman–Crippen LogP) is 11.0. The van der Waals surface area contributed by atoms with Crippen molar-refractivity contribution in [2.24, 2.45) is 10.2 Å². The van der Waals surface area contributed by atoms with Gasteiger partial charge in [0.1, 0.15) is 11.5 Å². The standard InChI is InChI=1S/C37H48N2O5/c1-4-6-8-10-12-14-28-42-34-26-22-33(23-27-34)39-38-32-20-16-30(17-21-32)37(41)44-35-24-18-31(19-25-35)36(40)43-29(3)15-13-11-9-7-5-2/h16-27,29H,4-15,28H2,1-3H3/t29-/m0/s1. The molecule has 0 saturated carbocycles. The van der Waals surface area contributed by atoms with Crippen molar-refractivity contribution in [3.05, 3.63) is 83.9 Å². The predicted molar refractivity (Wildman–Crippen MR) is 176 cm³/mol. The molecule has 0 bridgehead atoms. The average Bonchev–Trinajstić information content (AvgIpc) is 3.04. The lowest BCUT2D eigenvalue weighted by atomic mass is 10.1. The Morgan fingerprint density at radius 2 is 1.07 bits per heavy atom. The van der Waals surface area contributed by atoms with Crippen LogP contribution in [0.25, 0.3) is 0 Å². The van der Waals surface area contributed by atoms with Crippen LogP contribution in [0, 0.1) is 0 Å². The highest BCUT2D eigenvalue weighted by atomic mass is 16.5. The van der Waals surface area contributed by atoms with Gasteiger partial charge < -0.3 is 14.2 Å². The summed E-state index contributed by atoms with van der Waals surface area (Å²) in [5.74, 6) is 0.297. The Kier molecular flexibility index (Phi) is 15.7. The number of hydrogen-bond donors (Lipinski definition) is 0. The number of carbonyl (C=O) groups excluding carboxylic acids is 2. The zero-order chi connectivity index (χ0) is 31.4. The fraction of sp³-hybridized carbons (Fsp3) is 0.459. The molecule has 3 rings (SSSR count). The first-order valence-corrected chi connectivity index (χ1v) is 16.3. The second-order valence-corrected chi connectivity index (χ2v) is 11.2. The van der Waals surface area contributed by atoms with Crippen LogP contribution in [0.15, 0.2) is 83.0 Å². The molecule has 0 aliphatic rings. The molecule has 0 aliphatic heterocycles. The Labute approximate surface area is 263 Å². The Morgan fingerprint density at radius 3 is 1.68 bits per heavy atom. The zero-order valence-corrected chi connectivity index (χ0v) is 26.6. The van der Waals surface area contributed by atoms with Gasteiger partial charge in [-0.1, -0.05) is 71.6 Å². The minimum absolute atomic E-state index is 0.135. The Hall–Kier alpha value is -4.00. The molecule has 0 N–H and O–H groups in total. The topological polar surface area (TPSA) is 86.5 Å². The van der Waals surface area contributed by atoms with E-state index in [1.54, 1.807) is 48.5 Å². The molecule has 0 heterocycles. The van der Waals surface area contributed by atoms with E-state index in [2.05, 4.69) is 24.1 Å². The molecule has 0 spiro atoms. The van der Waals surface area contributed by atoms with Gasteiger partial charge in [-0.05, 0) is 99.0 Å². The van der Waals surface area contributed by atoms with Gasteiger partial charge in [0.2, 0.25) is 0 Å². The van der Waals surface area contributed by atoms with E-state index in [4.69, 9.17) is 14.2 Å². The van der Waals surface area contributed by atoms with Gasteiger partial charge in [0.15, 0.2) is 0 Å². The van der Waals surface area contributed by atoms with Crippen LogP contribution in [0.2, 0.25) is 0 Å². The van der Waals surface area contributed by atoms with Crippen molar-refractivity contribution in [2.75, 3.05) is 6.61 Å². The molecule has 44 heavy (non-hydrogen) atoms. The lowest BCUT2D eigenvalue weighted by Crippen LogP contribution is -2.15. The molecular formula is C37H48N2O5. The molecule has 0 aromatic heterocycles. The Bertz CT molecular complexity index is 1270. The molecule has 236 valence electrons. The van der Waals surface area contributed by atoms with E-state index < -0.39 is 5.97 Å². The number of esters is 2. The van der Waals surface area contributed by atoms with Crippen molar-refractivity contribution in [1.82, 2.24) is 0 Å². The van der Waals surface area contributed by atoms with Gasteiger partial charge in [-0.2, -0.15) is 10.2 Å². The van der Waals surface area contributed by atoms with Crippen molar-refractivity contribution < 1.29 is 23.8 Å². The molecule has 7 nitrogen and oxygen atoms in total. The summed E-state index contributed by atoms with van der Waals surface area (Å²) in [6.45, 7) is 7.06. The molecule has 0 fully saturated rings. The smallest absolute Gasteiger partial charge is 0.343 e. The van der Waals surface area contributed by atoms with Gasteiger partial charge in [0, 0.05) is 0 Å². The molecule has 7 heteroatoms. The highest BCUT2D eigenvalue weighted by Gasteiger charge is 2.14. The number of azo groups is 1. The second-order valence-electron chi connectivity index (χ2n) is 11.2. The maximum Gasteiger partial charge on any atom is 0.343 e. The molecule has 3 aromatic rings. The van der Waals surface area contributed by atoms with Gasteiger partial charge in [0.05, 0.1) is 35.2 Å². The van der Waals surface area contributed by atoms with Crippen molar-refractivity contribution in [3.63, 3.8) is 0 Å². The number of benzene rings is 3. The fourth-order valence-electron chi connectivity index (χ4n) is 4.63. The van der Waals surface area contributed by atoms with Crippen LogP contribution in [0.3, 0.4) is 0 Å². The fourth-order valence-corrected chi connectivity index (χ4v) is 4.63. The van der Waals surface area contributed by atoms with E-state index in [0.29, 0.717) is 28.3 Å². The van der Waals surface area contributed by atoms with E-state index in [1.807, 2.05) is 31.2 Å². The number of rotatable bonds is 20. The summed E-state index contributed by atoms with van der Waals surface area (Å²) in [5.41, 5.74) is 2.13.